The zero-order valence-electron chi connectivity index (χ0n) is 17.6. The van der Waals surface area contributed by atoms with Gasteiger partial charge in [0.25, 0.3) is 0 Å². The largest absolute Gasteiger partial charge is 0.497 e. The molecule has 2 aromatic heterocycles. The standard InChI is InChI=1S/C26H22N4O2/c1-31-19-13-11-18(12-14-19)24-25-23(26(27)30-29-25)22(16-28-24)17-6-5-9-21(15-10-17)32-20-7-3-2-4-8-20/h2-4,6-16H,5H2,1H3,(H3,27,29,30). The maximum atomic E-state index is 6.27. The molecule has 0 unspecified atom stereocenters. The lowest BCUT2D eigenvalue weighted by molar-refractivity contribution is 0.415. The monoisotopic (exact) mass is 422 g/mol. The summed E-state index contributed by atoms with van der Waals surface area (Å²) in [5.41, 5.74) is 10.8. The summed E-state index contributed by atoms with van der Waals surface area (Å²) in [5.74, 6) is 2.83. The van der Waals surface area contributed by atoms with Crippen molar-refractivity contribution in [3.05, 3.63) is 96.4 Å². The van der Waals surface area contributed by atoms with Gasteiger partial charge in [-0.1, -0.05) is 30.4 Å². The zero-order chi connectivity index (χ0) is 21.9. The second-order valence-corrected chi connectivity index (χ2v) is 7.36. The molecule has 2 heterocycles. The van der Waals surface area contributed by atoms with Crippen molar-refractivity contribution in [3.63, 3.8) is 0 Å². The third kappa shape index (κ3) is 3.74. The van der Waals surface area contributed by atoms with Crippen molar-refractivity contribution >= 4 is 22.3 Å². The van der Waals surface area contributed by atoms with Crippen molar-refractivity contribution < 1.29 is 9.47 Å². The van der Waals surface area contributed by atoms with E-state index in [9.17, 15) is 0 Å². The number of hydrogen-bond donors (Lipinski definition) is 2. The number of methoxy groups -OCH3 is 1. The number of nitrogen functional groups attached to an aromatic ring is 1. The minimum absolute atomic E-state index is 0.444. The van der Waals surface area contributed by atoms with E-state index < -0.39 is 0 Å². The van der Waals surface area contributed by atoms with Crippen LogP contribution in [0.3, 0.4) is 0 Å². The van der Waals surface area contributed by atoms with E-state index in [1.54, 1.807) is 7.11 Å². The lowest BCUT2D eigenvalue weighted by Crippen LogP contribution is -1.94. The Morgan fingerprint density at radius 2 is 1.75 bits per heavy atom. The Hall–Kier alpha value is -4.32. The number of pyridine rings is 1. The Kier molecular flexibility index (Phi) is 5.17. The summed E-state index contributed by atoms with van der Waals surface area (Å²) >= 11 is 0. The van der Waals surface area contributed by atoms with Crippen LogP contribution in [-0.2, 0) is 0 Å². The van der Waals surface area contributed by atoms with E-state index in [0.717, 1.165) is 57.0 Å². The van der Waals surface area contributed by atoms with E-state index in [1.807, 2.05) is 79.0 Å². The van der Waals surface area contributed by atoms with Crippen LogP contribution in [0.2, 0.25) is 0 Å². The second-order valence-electron chi connectivity index (χ2n) is 7.36. The molecule has 0 aliphatic heterocycles. The van der Waals surface area contributed by atoms with Gasteiger partial charge >= 0.3 is 0 Å². The molecular weight excluding hydrogens is 400 g/mol. The van der Waals surface area contributed by atoms with Crippen LogP contribution in [0.1, 0.15) is 12.0 Å². The van der Waals surface area contributed by atoms with Crippen molar-refractivity contribution in [2.24, 2.45) is 0 Å². The maximum Gasteiger partial charge on any atom is 0.153 e. The highest BCUT2D eigenvalue weighted by atomic mass is 16.5. The number of aromatic amines is 1. The number of ether oxygens (including phenoxy) is 2. The molecule has 5 rings (SSSR count). The van der Waals surface area contributed by atoms with Gasteiger partial charge in [-0.15, -0.1) is 0 Å². The molecule has 1 aliphatic rings. The summed E-state index contributed by atoms with van der Waals surface area (Å²) in [6.07, 6.45) is 10.7. The molecular formula is C26H22N4O2. The van der Waals surface area contributed by atoms with Crippen LogP contribution in [-0.4, -0.2) is 22.3 Å². The van der Waals surface area contributed by atoms with Crippen molar-refractivity contribution in [1.29, 1.82) is 0 Å². The number of hydrogen-bond acceptors (Lipinski definition) is 5. The lowest BCUT2D eigenvalue weighted by Gasteiger charge is -2.09. The van der Waals surface area contributed by atoms with Gasteiger partial charge in [0.05, 0.1) is 23.7 Å². The van der Waals surface area contributed by atoms with E-state index in [4.69, 9.17) is 20.2 Å². The number of nitrogens with zero attached hydrogens (tertiary/aromatic N) is 2. The average Bonchev–Trinajstić information content (AvgIpc) is 3.08. The first-order valence-electron chi connectivity index (χ1n) is 10.3. The number of nitrogens with two attached hydrogens (primary N) is 1. The number of benzene rings is 2. The van der Waals surface area contributed by atoms with Crippen LogP contribution in [0.4, 0.5) is 5.82 Å². The topological polar surface area (TPSA) is 86.1 Å². The van der Waals surface area contributed by atoms with Crippen molar-refractivity contribution in [1.82, 2.24) is 15.2 Å². The fraction of sp³-hybridized carbons (Fsp3) is 0.0769. The smallest absolute Gasteiger partial charge is 0.153 e. The molecule has 6 heteroatoms. The van der Waals surface area contributed by atoms with Crippen molar-refractivity contribution in [3.8, 4) is 22.8 Å². The van der Waals surface area contributed by atoms with Gasteiger partial charge in [-0.05, 0) is 60.5 Å². The van der Waals surface area contributed by atoms with E-state index >= 15 is 0 Å². The van der Waals surface area contributed by atoms with Gasteiger partial charge in [0.15, 0.2) is 5.82 Å². The van der Waals surface area contributed by atoms with Crippen LogP contribution in [0.5, 0.6) is 11.5 Å². The molecule has 2 aromatic carbocycles. The first-order chi connectivity index (χ1) is 15.7. The van der Waals surface area contributed by atoms with Gasteiger partial charge in [0, 0.05) is 17.3 Å². The summed E-state index contributed by atoms with van der Waals surface area (Å²) in [7, 11) is 1.65. The Labute approximate surface area is 185 Å². The number of fused-ring (bicyclic) bond motifs is 1. The van der Waals surface area contributed by atoms with Gasteiger partial charge in [0.1, 0.15) is 17.3 Å². The lowest BCUT2D eigenvalue weighted by atomic mass is 10.00. The van der Waals surface area contributed by atoms with Gasteiger partial charge < -0.3 is 15.2 Å². The van der Waals surface area contributed by atoms with E-state index in [2.05, 4.69) is 16.3 Å². The minimum Gasteiger partial charge on any atom is -0.497 e. The summed E-state index contributed by atoms with van der Waals surface area (Å²) in [6.45, 7) is 0. The van der Waals surface area contributed by atoms with Crippen LogP contribution in [0.25, 0.3) is 27.7 Å². The molecule has 3 N–H and O–H groups in total. The van der Waals surface area contributed by atoms with Gasteiger partial charge in [-0.3, -0.25) is 10.1 Å². The molecule has 6 nitrogen and oxygen atoms in total. The third-order valence-electron chi connectivity index (χ3n) is 5.36. The van der Waals surface area contributed by atoms with Crippen LogP contribution < -0.4 is 15.2 Å². The number of anilines is 1. The molecule has 0 bridgehead atoms. The van der Waals surface area contributed by atoms with Crippen molar-refractivity contribution in [2.45, 2.75) is 6.42 Å². The fourth-order valence-corrected chi connectivity index (χ4v) is 3.75. The molecule has 1 aliphatic carbocycles. The summed E-state index contributed by atoms with van der Waals surface area (Å²) in [6, 6.07) is 17.5. The number of allylic oxidation sites excluding steroid dienone is 5. The highest BCUT2D eigenvalue weighted by molar-refractivity contribution is 6.05. The van der Waals surface area contributed by atoms with E-state index in [1.165, 1.54) is 0 Å². The molecule has 0 atom stereocenters. The molecule has 0 radical (unpaired) electrons. The molecule has 32 heavy (non-hydrogen) atoms. The quantitative estimate of drug-likeness (QED) is 0.442. The Bertz CT molecular complexity index is 1350. The van der Waals surface area contributed by atoms with Crippen LogP contribution >= 0.6 is 0 Å². The maximum absolute atomic E-state index is 6.27. The third-order valence-corrected chi connectivity index (χ3v) is 5.36. The first kappa shape index (κ1) is 19.6. The van der Waals surface area contributed by atoms with Gasteiger partial charge in [0.2, 0.25) is 0 Å². The second kappa shape index (κ2) is 8.43. The summed E-state index contributed by atoms with van der Waals surface area (Å²) in [5, 5.41) is 8.18. The average molecular weight is 422 g/mol. The Morgan fingerprint density at radius 3 is 2.53 bits per heavy atom. The van der Waals surface area contributed by atoms with E-state index in [0.29, 0.717) is 5.82 Å². The molecule has 0 saturated heterocycles. The van der Waals surface area contributed by atoms with Gasteiger partial charge in [-0.25, -0.2) is 0 Å². The van der Waals surface area contributed by atoms with Gasteiger partial charge in [-0.2, -0.15) is 5.10 Å². The Morgan fingerprint density at radius 1 is 0.938 bits per heavy atom. The van der Waals surface area contributed by atoms with Crippen LogP contribution in [0, 0.1) is 0 Å². The molecule has 0 saturated carbocycles. The fourth-order valence-electron chi connectivity index (χ4n) is 3.75. The number of nitrogens with one attached hydrogen (secondary N) is 1. The zero-order valence-corrected chi connectivity index (χ0v) is 17.6. The van der Waals surface area contributed by atoms with Crippen molar-refractivity contribution in [2.75, 3.05) is 12.8 Å². The molecule has 0 fully saturated rings. The molecule has 0 amide bonds. The highest BCUT2D eigenvalue weighted by Crippen LogP contribution is 2.35. The Balaban J connectivity index is 1.49. The normalized spacial score (nSPS) is 13.4. The van der Waals surface area contributed by atoms with Crippen LogP contribution in [0.15, 0.2) is 90.9 Å². The summed E-state index contributed by atoms with van der Waals surface area (Å²) in [4.78, 5) is 4.75. The summed E-state index contributed by atoms with van der Waals surface area (Å²) < 4.78 is 11.2. The number of H-pyrrole nitrogens is 1. The number of para-hydroxylation sites is 1. The predicted molar refractivity (Wildman–Crippen MR) is 127 cm³/mol. The number of rotatable bonds is 5. The molecule has 0 spiro atoms. The molecule has 4 aromatic rings. The number of aromatic nitrogens is 3. The molecule has 158 valence electrons. The first-order valence-corrected chi connectivity index (χ1v) is 10.3. The SMILES string of the molecule is COc1ccc(-c2ncc(C3=CCC=C(Oc4ccccc4)C=C3)c3c(N)n[nH]c23)cc1. The predicted octanol–water partition coefficient (Wildman–Crippen LogP) is 5.52. The highest BCUT2D eigenvalue weighted by Gasteiger charge is 2.17. The van der Waals surface area contributed by atoms with E-state index in [-0.39, 0.29) is 0 Å². The minimum atomic E-state index is 0.444.